The fourth-order valence-electron chi connectivity index (χ4n) is 1.93. The summed E-state index contributed by atoms with van der Waals surface area (Å²) in [5, 5.41) is 0.685. The van der Waals surface area contributed by atoms with Gasteiger partial charge in [0.2, 0.25) is 0 Å². The molecule has 78 valence electrons. The SMILES string of the molecule is Cc1cc(Cl)ccc1C(=O)C1=CCCC1. The van der Waals surface area contributed by atoms with Crippen LogP contribution in [-0.2, 0) is 0 Å². The molecule has 0 heterocycles. The van der Waals surface area contributed by atoms with E-state index in [0.717, 1.165) is 36.0 Å². The van der Waals surface area contributed by atoms with Gasteiger partial charge in [0, 0.05) is 10.6 Å². The summed E-state index contributed by atoms with van der Waals surface area (Å²) in [7, 11) is 0. The average molecular weight is 221 g/mol. The summed E-state index contributed by atoms with van der Waals surface area (Å²) in [6, 6.07) is 5.43. The number of allylic oxidation sites excluding steroid dienone is 2. The van der Waals surface area contributed by atoms with Crippen molar-refractivity contribution in [3.8, 4) is 0 Å². The van der Waals surface area contributed by atoms with Gasteiger partial charge in [0.25, 0.3) is 0 Å². The lowest BCUT2D eigenvalue weighted by Crippen LogP contribution is -2.03. The highest BCUT2D eigenvalue weighted by Gasteiger charge is 2.16. The summed E-state index contributed by atoms with van der Waals surface area (Å²) in [6.07, 6.45) is 5.11. The Balaban J connectivity index is 2.33. The molecule has 0 aromatic heterocycles. The van der Waals surface area contributed by atoms with Gasteiger partial charge < -0.3 is 0 Å². The molecule has 0 saturated heterocycles. The second-order valence-corrected chi connectivity index (χ2v) is 4.35. The highest BCUT2D eigenvalue weighted by molar-refractivity contribution is 6.30. The monoisotopic (exact) mass is 220 g/mol. The van der Waals surface area contributed by atoms with Crippen LogP contribution in [0.4, 0.5) is 0 Å². The molecule has 1 aromatic rings. The molecule has 1 aliphatic rings. The molecular weight excluding hydrogens is 208 g/mol. The second kappa shape index (κ2) is 4.19. The van der Waals surface area contributed by atoms with Crippen LogP contribution >= 0.6 is 11.6 Å². The van der Waals surface area contributed by atoms with Gasteiger partial charge >= 0.3 is 0 Å². The summed E-state index contributed by atoms with van der Waals surface area (Å²) >= 11 is 5.86. The standard InChI is InChI=1S/C13H13ClO/c1-9-8-11(14)6-7-12(9)13(15)10-4-2-3-5-10/h4,6-8H,2-3,5H2,1H3. The molecule has 0 N–H and O–H groups in total. The van der Waals surface area contributed by atoms with Gasteiger partial charge in [0.1, 0.15) is 0 Å². The fraction of sp³-hybridized carbons (Fsp3) is 0.308. The fourth-order valence-corrected chi connectivity index (χ4v) is 2.16. The molecule has 2 rings (SSSR count). The molecule has 0 fully saturated rings. The van der Waals surface area contributed by atoms with E-state index in [1.807, 2.05) is 19.1 Å². The van der Waals surface area contributed by atoms with Crippen LogP contribution in [-0.4, -0.2) is 5.78 Å². The summed E-state index contributed by atoms with van der Waals surface area (Å²) in [6.45, 7) is 1.93. The number of benzene rings is 1. The highest BCUT2D eigenvalue weighted by Crippen LogP contribution is 2.24. The van der Waals surface area contributed by atoms with Crippen LogP contribution in [0.5, 0.6) is 0 Å². The van der Waals surface area contributed by atoms with Gasteiger partial charge in [-0.15, -0.1) is 0 Å². The second-order valence-electron chi connectivity index (χ2n) is 3.91. The zero-order valence-electron chi connectivity index (χ0n) is 8.72. The third-order valence-electron chi connectivity index (χ3n) is 2.77. The van der Waals surface area contributed by atoms with E-state index in [9.17, 15) is 4.79 Å². The predicted octanol–water partition coefficient (Wildman–Crippen LogP) is 3.94. The smallest absolute Gasteiger partial charge is 0.188 e. The first-order valence-corrected chi connectivity index (χ1v) is 5.56. The van der Waals surface area contributed by atoms with Gasteiger partial charge in [0.15, 0.2) is 5.78 Å². The van der Waals surface area contributed by atoms with Crippen molar-refractivity contribution in [2.24, 2.45) is 0 Å². The Morgan fingerprint density at radius 2 is 2.20 bits per heavy atom. The Kier molecular flexibility index (Phi) is 2.92. The summed E-state index contributed by atoms with van der Waals surface area (Å²) in [4.78, 5) is 12.1. The molecule has 1 aliphatic carbocycles. The van der Waals surface area contributed by atoms with Crippen molar-refractivity contribution in [3.63, 3.8) is 0 Å². The van der Waals surface area contributed by atoms with Crippen molar-refractivity contribution in [1.29, 1.82) is 0 Å². The van der Waals surface area contributed by atoms with Crippen LogP contribution in [0.1, 0.15) is 35.2 Å². The van der Waals surface area contributed by atoms with Crippen molar-refractivity contribution < 1.29 is 4.79 Å². The molecule has 0 atom stereocenters. The molecule has 0 radical (unpaired) electrons. The number of carbonyl (C=O) groups excluding carboxylic acids is 1. The molecule has 0 amide bonds. The van der Waals surface area contributed by atoms with E-state index in [1.165, 1.54) is 0 Å². The normalized spacial score (nSPS) is 15.2. The largest absolute Gasteiger partial charge is 0.289 e. The quantitative estimate of drug-likeness (QED) is 0.690. The maximum atomic E-state index is 12.1. The van der Waals surface area contributed by atoms with Gasteiger partial charge in [-0.25, -0.2) is 0 Å². The Labute approximate surface area is 94.8 Å². The molecule has 0 saturated carbocycles. The zero-order chi connectivity index (χ0) is 10.8. The molecule has 1 nitrogen and oxygen atoms in total. The van der Waals surface area contributed by atoms with E-state index in [2.05, 4.69) is 6.08 Å². The number of carbonyl (C=O) groups is 1. The lowest BCUT2D eigenvalue weighted by Gasteiger charge is -2.05. The van der Waals surface area contributed by atoms with Crippen LogP contribution in [0.15, 0.2) is 29.8 Å². The van der Waals surface area contributed by atoms with E-state index in [-0.39, 0.29) is 5.78 Å². The average Bonchev–Trinajstić information content (AvgIpc) is 2.69. The number of hydrogen-bond acceptors (Lipinski definition) is 1. The molecule has 0 aliphatic heterocycles. The van der Waals surface area contributed by atoms with Crippen molar-refractivity contribution in [2.45, 2.75) is 26.2 Å². The third-order valence-corrected chi connectivity index (χ3v) is 3.00. The van der Waals surface area contributed by atoms with Crippen molar-refractivity contribution in [3.05, 3.63) is 46.0 Å². The Bertz CT molecular complexity index is 432. The first-order chi connectivity index (χ1) is 7.18. The van der Waals surface area contributed by atoms with Crippen LogP contribution in [0.2, 0.25) is 5.02 Å². The maximum absolute atomic E-state index is 12.1. The minimum Gasteiger partial charge on any atom is -0.289 e. The minimum atomic E-state index is 0.168. The molecule has 15 heavy (non-hydrogen) atoms. The number of halogens is 1. The maximum Gasteiger partial charge on any atom is 0.188 e. The highest BCUT2D eigenvalue weighted by atomic mass is 35.5. The van der Waals surface area contributed by atoms with E-state index < -0.39 is 0 Å². The van der Waals surface area contributed by atoms with Gasteiger partial charge in [-0.1, -0.05) is 17.7 Å². The third kappa shape index (κ3) is 2.13. The molecular formula is C13H13ClO. The molecule has 2 heteroatoms. The number of rotatable bonds is 2. The molecule has 1 aromatic carbocycles. The summed E-state index contributed by atoms with van der Waals surface area (Å²) in [5.74, 6) is 0.168. The number of Topliss-reactive ketones (excluding diaryl/α,β-unsaturated/α-hetero) is 1. The van der Waals surface area contributed by atoms with Gasteiger partial charge in [-0.05, 0) is 55.5 Å². The van der Waals surface area contributed by atoms with Gasteiger partial charge in [0.05, 0.1) is 0 Å². The van der Waals surface area contributed by atoms with Gasteiger partial charge in [-0.3, -0.25) is 4.79 Å². The first kappa shape index (κ1) is 10.4. The number of ketones is 1. The Hall–Kier alpha value is -1.08. The van der Waals surface area contributed by atoms with Crippen molar-refractivity contribution in [1.82, 2.24) is 0 Å². The minimum absolute atomic E-state index is 0.168. The van der Waals surface area contributed by atoms with Crippen molar-refractivity contribution in [2.75, 3.05) is 0 Å². The topological polar surface area (TPSA) is 17.1 Å². The number of aryl methyl sites for hydroxylation is 1. The van der Waals surface area contributed by atoms with E-state index in [4.69, 9.17) is 11.6 Å². The zero-order valence-corrected chi connectivity index (χ0v) is 9.47. The molecule has 0 bridgehead atoms. The summed E-state index contributed by atoms with van der Waals surface area (Å²) in [5.41, 5.74) is 2.70. The molecule has 0 unspecified atom stereocenters. The first-order valence-electron chi connectivity index (χ1n) is 5.18. The Morgan fingerprint density at radius 3 is 2.80 bits per heavy atom. The van der Waals surface area contributed by atoms with Crippen LogP contribution in [0, 0.1) is 6.92 Å². The van der Waals surface area contributed by atoms with E-state index >= 15 is 0 Å². The van der Waals surface area contributed by atoms with Crippen LogP contribution in [0.3, 0.4) is 0 Å². The lowest BCUT2D eigenvalue weighted by atomic mass is 9.99. The van der Waals surface area contributed by atoms with E-state index in [0.29, 0.717) is 5.02 Å². The lowest BCUT2D eigenvalue weighted by molar-refractivity contribution is 0.103. The van der Waals surface area contributed by atoms with Crippen LogP contribution in [0.25, 0.3) is 0 Å². The number of hydrogen-bond donors (Lipinski definition) is 0. The summed E-state index contributed by atoms with van der Waals surface area (Å²) < 4.78 is 0. The van der Waals surface area contributed by atoms with Crippen molar-refractivity contribution >= 4 is 17.4 Å². The predicted molar refractivity (Wildman–Crippen MR) is 62.5 cm³/mol. The van der Waals surface area contributed by atoms with Crippen LogP contribution < -0.4 is 0 Å². The Morgan fingerprint density at radius 1 is 1.40 bits per heavy atom. The molecule has 0 spiro atoms. The van der Waals surface area contributed by atoms with Gasteiger partial charge in [-0.2, -0.15) is 0 Å². The van der Waals surface area contributed by atoms with E-state index in [1.54, 1.807) is 6.07 Å².